The van der Waals surface area contributed by atoms with E-state index in [9.17, 15) is 14.4 Å². The first-order valence-electron chi connectivity index (χ1n) is 15.3. The molecule has 1 aromatic heterocycles. The summed E-state index contributed by atoms with van der Waals surface area (Å²) in [5.41, 5.74) is 3.02. The van der Waals surface area contributed by atoms with Gasteiger partial charge in [-0.25, -0.2) is 9.59 Å². The lowest BCUT2D eigenvalue weighted by atomic mass is 9.98. The lowest BCUT2D eigenvalue weighted by Crippen LogP contribution is -2.44. The van der Waals surface area contributed by atoms with Crippen LogP contribution in [0.5, 0.6) is 0 Å². The molecule has 12 nitrogen and oxygen atoms in total. The molecule has 1 aliphatic carbocycles. The van der Waals surface area contributed by atoms with Crippen molar-refractivity contribution in [1.82, 2.24) is 9.55 Å². The number of aromatic nitrogens is 2. The van der Waals surface area contributed by atoms with E-state index in [-0.39, 0.29) is 29.9 Å². The zero-order chi connectivity index (χ0) is 32.8. The Labute approximate surface area is 267 Å². The molecule has 3 heterocycles. The molecule has 5 atom stereocenters. The standard InChI is InChI=1S/C33H40N2O10Si/c1-33(2,3)46(5,6)42-18-25-27-28(45-32(39-4)44-27)29(43-25)35-19(15-26(36)34-30(35)37)16-40-31(38)41-17-24-22-13-9-7-11-20(22)21-12-8-10-14-23(21)24/h7-15,24-25,27-29,32H,16-18H2,1-6H3,(H,34,36,37)/t25-,27-,28-,29-,32?/m1/s1. The minimum absolute atomic E-state index is 0.0357. The fourth-order valence-electron chi connectivity index (χ4n) is 5.97. The molecule has 46 heavy (non-hydrogen) atoms. The zero-order valence-corrected chi connectivity index (χ0v) is 27.8. The van der Waals surface area contributed by atoms with Crippen LogP contribution in [0.15, 0.2) is 64.2 Å². The third-order valence-corrected chi connectivity index (χ3v) is 13.9. The molecule has 2 fully saturated rings. The molecular weight excluding hydrogens is 612 g/mol. The van der Waals surface area contributed by atoms with E-state index in [0.717, 1.165) is 22.3 Å². The number of nitrogens with one attached hydrogen (secondary N) is 1. The first-order chi connectivity index (χ1) is 21.9. The van der Waals surface area contributed by atoms with E-state index in [4.69, 9.17) is 32.8 Å². The number of rotatable bonds is 9. The van der Waals surface area contributed by atoms with Gasteiger partial charge < -0.3 is 32.8 Å². The number of nitrogens with zero attached hydrogens (tertiary/aromatic N) is 1. The van der Waals surface area contributed by atoms with Gasteiger partial charge in [-0.3, -0.25) is 14.3 Å². The van der Waals surface area contributed by atoms with E-state index >= 15 is 0 Å². The predicted octanol–water partition coefficient (Wildman–Crippen LogP) is 4.64. The summed E-state index contributed by atoms with van der Waals surface area (Å²) in [5, 5.41) is -0.0357. The topological polar surface area (TPSA) is 137 Å². The highest BCUT2D eigenvalue weighted by atomic mass is 28.4. The SMILES string of the molecule is COC1O[C@@H]2[C@H](O1)[C@@H](CO[Si](C)(C)C(C)(C)C)O[C@H]2n1c(COC(=O)OCC2c3ccccc3-c3ccccc32)cc(=O)[nH]c1=O. The fourth-order valence-corrected chi connectivity index (χ4v) is 6.99. The summed E-state index contributed by atoms with van der Waals surface area (Å²) in [5.74, 6) is -0.153. The molecule has 0 amide bonds. The molecule has 2 saturated heterocycles. The van der Waals surface area contributed by atoms with Gasteiger partial charge in [0, 0.05) is 19.1 Å². The van der Waals surface area contributed by atoms with Crippen molar-refractivity contribution in [2.75, 3.05) is 20.3 Å². The molecule has 3 aliphatic rings. The van der Waals surface area contributed by atoms with Crippen LogP contribution in [0.1, 0.15) is 49.7 Å². The highest BCUT2D eigenvalue weighted by molar-refractivity contribution is 6.74. The Bertz CT molecular complexity index is 1670. The van der Waals surface area contributed by atoms with Crippen LogP contribution >= 0.6 is 0 Å². The van der Waals surface area contributed by atoms with Crippen LogP contribution in [-0.2, 0) is 39.5 Å². The lowest BCUT2D eigenvalue weighted by molar-refractivity contribution is -0.257. The first kappa shape index (κ1) is 32.4. The van der Waals surface area contributed by atoms with Crippen LogP contribution in [0.3, 0.4) is 0 Å². The van der Waals surface area contributed by atoms with Crippen molar-refractivity contribution in [3.63, 3.8) is 0 Å². The summed E-state index contributed by atoms with van der Waals surface area (Å²) in [7, 11) is -0.703. The van der Waals surface area contributed by atoms with Crippen LogP contribution < -0.4 is 11.2 Å². The van der Waals surface area contributed by atoms with Crippen molar-refractivity contribution in [3.8, 4) is 11.1 Å². The number of hydrogen-bond acceptors (Lipinski definition) is 10. The monoisotopic (exact) mass is 652 g/mol. The van der Waals surface area contributed by atoms with Gasteiger partial charge >= 0.3 is 11.8 Å². The van der Waals surface area contributed by atoms with Crippen molar-refractivity contribution in [3.05, 3.63) is 92.3 Å². The Morgan fingerprint density at radius 1 is 0.913 bits per heavy atom. The van der Waals surface area contributed by atoms with Crippen molar-refractivity contribution < 1.29 is 37.6 Å². The number of ether oxygens (including phenoxy) is 6. The van der Waals surface area contributed by atoms with Crippen LogP contribution in [0.25, 0.3) is 11.1 Å². The van der Waals surface area contributed by atoms with Crippen LogP contribution in [0, 0.1) is 0 Å². The molecular formula is C33H40N2O10Si. The van der Waals surface area contributed by atoms with E-state index in [0.29, 0.717) is 0 Å². The summed E-state index contributed by atoms with van der Waals surface area (Å²) < 4.78 is 42.1. The average molecular weight is 653 g/mol. The molecule has 246 valence electrons. The first-order valence-corrected chi connectivity index (χ1v) is 18.2. The molecule has 6 rings (SSSR count). The second-order valence-corrected chi connectivity index (χ2v) is 18.0. The van der Waals surface area contributed by atoms with E-state index in [1.807, 2.05) is 48.5 Å². The molecule has 2 aliphatic heterocycles. The minimum atomic E-state index is -2.15. The lowest BCUT2D eigenvalue weighted by Gasteiger charge is -2.37. The molecule has 1 unspecified atom stereocenters. The third kappa shape index (κ3) is 6.10. The van der Waals surface area contributed by atoms with E-state index in [1.165, 1.54) is 17.7 Å². The summed E-state index contributed by atoms with van der Waals surface area (Å²) in [6, 6.07) is 17.2. The maximum Gasteiger partial charge on any atom is 0.508 e. The number of hydrogen-bond donors (Lipinski definition) is 1. The van der Waals surface area contributed by atoms with Crippen molar-refractivity contribution in [2.24, 2.45) is 0 Å². The fraction of sp³-hybridized carbons (Fsp3) is 0.485. The number of carbonyl (C=O) groups excluding carboxylic acids is 1. The largest absolute Gasteiger partial charge is 0.508 e. The molecule has 0 radical (unpaired) electrons. The number of aromatic amines is 1. The molecule has 0 saturated carbocycles. The second kappa shape index (κ2) is 12.5. The van der Waals surface area contributed by atoms with Crippen molar-refractivity contribution in [2.45, 2.75) is 82.4 Å². The zero-order valence-electron chi connectivity index (χ0n) is 26.8. The van der Waals surface area contributed by atoms with Gasteiger partial charge in [-0.15, -0.1) is 0 Å². The van der Waals surface area contributed by atoms with E-state index in [1.54, 1.807) is 0 Å². The van der Waals surface area contributed by atoms with Gasteiger partial charge in [0.25, 0.3) is 12.0 Å². The molecule has 1 N–H and O–H groups in total. The molecule has 3 aromatic rings. The van der Waals surface area contributed by atoms with Crippen LogP contribution in [0.2, 0.25) is 18.1 Å². The Balaban J connectivity index is 1.18. The third-order valence-electron chi connectivity index (χ3n) is 9.41. The Morgan fingerprint density at radius 2 is 1.54 bits per heavy atom. The summed E-state index contributed by atoms with van der Waals surface area (Å²) in [4.78, 5) is 40.7. The molecule has 13 heteroatoms. The number of benzene rings is 2. The predicted molar refractivity (Wildman–Crippen MR) is 169 cm³/mol. The van der Waals surface area contributed by atoms with Gasteiger partial charge in [-0.1, -0.05) is 69.3 Å². The number of methoxy groups -OCH3 is 1. The summed E-state index contributed by atoms with van der Waals surface area (Å²) in [6.45, 7) is 9.54. The van der Waals surface area contributed by atoms with E-state index in [2.05, 4.69) is 38.8 Å². The van der Waals surface area contributed by atoms with Crippen molar-refractivity contribution >= 4 is 14.5 Å². The van der Waals surface area contributed by atoms with Gasteiger partial charge in [0.1, 0.15) is 31.5 Å². The Morgan fingerprint density at radius 3 is 2.17 bits per heavy atom. The highest BCUT2D eigenvalue weighted by Crippen LogP contribution is 2.45. The van der Waals surface area contributed by atoms with Gasteiger partial charge in [0.15, 0.2) is 14.5 Å². The quantitative estimate of drug-likeness (QED) is 0.257. The van der Waals surface area contributed by atoms with Crippen LogP contribution in [-0.4, -0.2) is 69.1 Å². The van der Waals surface area contributed by atoms with Crippen molar-refractivity contribution in [1.29, 1.82) is 0 Å². The Kier molecular flexibility index (Phi) is 8.82. The number of H-pyrrole nitrogens is 1. The average Bonchev–Trinajstić information content (AvgIpc) is 3.68. The highest BCUT2D eigenvalue weighted by Gasteiger charge is 2.55. The summed E-state index contributed by atoms with van der Waals surface area (Å²) >= 11 is 0. The Hall–Kier alpha value is -3.59. The maximum atomic E-state index is 13.2. The molecule has 0 spiro atoms. The van der Waals surface area contributed by atoms with Gasteiger partial charge in [-0.05, 0) is 40.4 Å². The maximum absolute atomic E-state index is 13.2. The van der Waals surface area contributed by atoms with Gasteiger partial charge in [0.2, 0.25) is 0 Å². The molecule has 0 bridgehead atoms. The second-order valence-electron chi connectivity index (χ2n) is 13.2. The van der Waals surface area contributed by atoms with Gasteiger partial charge in [-0.2, -0.15) is 0 Å². The smallest absolute Gasteiger partial charge is 0.433 e. The molecule has 2 aromatic carbocycles. The van der Waals surface area contributed by atoms with Gasteiger partial charge in [0.05, 0.1) is 12.3 Å². The van der Waals surface area contributed by atoms with E-state index < -0.39 is 63.3 Å². The number of carbonyl (C=O) groups is 1. The van der Waals surface area contributed by atoms with Crippen LogP contribution in [0.4, 0.5) is 4.79 Å². The minimum Gasteiger partial charge on any atom is -0.433 e. The summed E-state index contributed by atoms with van der Waals surface area (Å²) in [6.07, 6.45) is -3.95. The normalized spacial score (nSPS) is 24.0. The number of fused-ring (bicyclic) bond motifs is 4.